The molecule has 0 aliphatic rings. The van der Waals surface area contributed by atoms with Crippen molar-refractivity contribution in [1.29, 1.82) is 0 Å². The first kappa shape index (κ1) is 16.3. The molecule has 0 radical (unpaired) electrons. The van der Waals surface area contributed by atoms with Gasteiger partial charge < -0.3 is 5.73 Å². The van der Waals surface area contributed by atoms with E-state index >= 15 is 0 Å². The Labute approximate surface area is 115 Å². The Kier molecular flexibility index (Phi) is 4.65. The first-order valence-corrected chi connectivity index (χ1v) is 8.27. The number of hydrogen-bond donors (Lipinski definition) is 3. The summed E-state index contributed by atoms with van der Waals surface area (Å²) in [6, 6.07) is 3.41. The topological polar surface area (TPSA) is 175 Å². The first-order valence-electron chi connectivity index (χ1n) is 5.07. The predicted molar refractivity (Wildman–Crippen MR) is 70.7 cm³/mol. The second-order valence-electron chi connectivity index (χ2n) is 3.72. The van der Waals surface area contributed by atoms with Crippen LogP contribution in [0.15, 0.2) is 23.1 Å². The van der Waals surface area contributed by atoms with Gasteiger partial charge in [-0.25, -0.2) is 26.7 Å². The van der Waals surface area contributed by atoms with Crippen molar-refractivity contribution in [2.75, 3.05) is 18.0 Å². The highest BCUT2D eigenvalue weighted by Gasteiger charge is 2.27. The molecule has 10 nitrogen and oxygen atoms in total. The van der Waals surface area contributed by atoms with E-state index in [1.54, 1.807) is 0 Å². The molecular weight excluding hydrogens is 312 g/mol. The van der Waals surface area contributed by atoms with Gasteiger partial charge in [0.05, 0.1) is 10.7 Å². The third-order valence-electron chi connectivity index (χ3n) is 2.18. The fraction of sp³-hybridized carbons (Fsp3) is 0.250. The first-order chi connectivity index (χ1) is 9.04. The number of nitro groups is 1. The molecule has 5 N–H and O–H groups in total. The fourth-order valence-electron chi connectivity index (χ4n) is 1.35. The van der Waals surface area contributed by atoms with Crippen LogP contribution >= 0.6 is 0 Å². The number of para-hydroxylation sites is 1. The summed E-state index contributed by atoms with van der Waals surface area (Å²) < 4.78 is 47.1. The SMILES string of the molecule is Nc1cccc(S(=O)(=O)NCCS(N)(=O)=O)c1[N+](=O)[O-]. The molecule has 0 spiro atoms. The van der Waals surface area contributed by atoms with Crippen LogP contribution in [0.4, 0.5) is 11.4 Å². The molecule has 0 aliphatic carbocycles. The van der Waals surface area contributed by atoms with Crippen LogP contribution in [0.2, 0.25) is 0 Å². The number of anilines is 1. The maximum absolute atomic E-state index is 11.9. The molecule has 0 fully saturated rings. The van der Waals surface area contributed by atoms with Crippen molar-refractivity contribution in [2.24, 2.45) is 5.14 Å². The van der Waals surface area contributed by atoms with Gasteiger partial charge in [-0.15, -0.1) is 0 Å². The number of hydrogen-bond acceptors (Lipinski definition) is 7. The Bertz CT molecular complexity index is 727. The number of nitrogen functional groups attached to an aromatic ring is 1. The predicted octanol–water partition coefficient (Wildman–Crippen LogP) is -1.26. The molecule has 0 saturated heterocycles. The van der Waals surface area contributed by atoms with Crippen LogP contribution < -0.4 is 15.6 Å². The highest BCUT2D eigenvalue weighted by molar-refractivity contribution is 7.90. The summed E-state index contributed by atoms with van der Waals surface area (Å²) in [6.45, 7) is -0.507. The summed E-state index contributed by atoms with van der Waals surface area (Å²) in [7, 11) is -8.12. The third kappa shape index (κ3) is 4.12. The smallest absolute Gasteiger partial charge is 0.312 e. The lowest BCUT2D eigenvalue weighted by Gasteiger charge is -2.07. The lowest BCUT2D eigenvalue weighted by atomic mass is 10.3. The molecule has 0 heterocycles. The van der Waals surface area contributed by atoms with E-state index in [1.165, 1.54) is 12.1 Å². The van der Waals surface area contributed by atoms with E-state index in [1.807, 2.05) is 4.72 Å². The van der Waals surface area contributed by atoms with Crippen LogP contribution in [0, 0.1) is 10.1 Å². The number of nitrogens with one attached hydrogen (secondary N) is 1. The van der Waals surface area contributed by atoms with E-state index in [0.29, 0.717) is 0 Å². The van der Waals surface area contributed by atoms with Crippen molar-refractivity contribution in [3.8, 4) is 0 Å². The summed E-state index contributed by atoms with van der Waals surface area (Å²) in [5.41, 5.74) is 4.28. The van der Waals surface area contributed by atoms with Gasteiger partial charge in [-0.1, -0.05) is 6.07 Å². The number of nitro benzene ring substituents is 1. The molecule has 112 valence electrons. The van der Waals surface area contributed by atoms with Crippen LogP contribution in [0.25, 0.3) is 0 Å². The van der Waals surface area contributed by atoms with Crippen molar-refractivity contribution in [3.63, 3.8) is 0 Å². The van der Waals surface area contributed by atoms with Gasteiger partial charge in [0, 0.05) is 6.54 Å². The summed E-state index contributed by atoms with van der Waals surface area (Å²) in [5, 5.41) is 15.6. The molecule has 0 bridgehead atoms. The van der Waals surface area contributed by atoms with Crippen molar-refractivity contribution >= 4 is 31.4 Å². The lowest BCUT2D eigenvalue weighted by molar-refractivity contribution is -0.386. The number of nitrogens with two attached hydrogens (primary N) is 2. The third-order valence-corrected chi connectivity index (χ3v) is 4.45. The Morgan fingerprint density at radius 2 is 1.85 bits per heavy atom. The van der Waals surface area contributed by atoms with Gasteiger partial charge in [-0.2, -0.15) is 0 Å². The van der Waals surface area contributed by atoms with Crippen molar-refractivity contribution in [1.82, 2.24) is 4.72 Å². The number of primary sulfonamides is 1. The molecular formula is C8H12N4O6S2. The molecule has 1 aromatic rings. The molecule has 0 aliphatic heterocycles. The minimum absolute atomic E-state index is 0.315. The zero-order chi connectivity index (χ0) is 15.6. The Morgan fingerprint density at radius 1 is 1.25 bits per heavy atom. The van der Waals surface area contributed by atoms with Gasteiger partial charge in [0.1, 0.15) is 5.69 Å². The van der Waals surface area contributed by atoms with Gasteiger partial charge in [0.25, 0.3) is 0 Å². The second kappa shape index (κ2) is 5.70. The van der Waals surface area contributed by atoms with E-state index in [-0.39, 0.29) is 5.69 Å². The number of sulfonamides is 2. The molecule has 20 heavy (non-hydrogen) atoms. The Balaban J connectivity index is 3.11. The van der Waals surface area contributed by atoms with E-state index in [4.69, 9.17) is 10.9 Å². The summed E-state index contributed by atoms with van der Waals surface area (Å²) in [5.74, 6) is -0.637. The lowest BCUT2D eigenvalue weighted by Crippen LogP contribution is -2.32. The Morgan fingerprint density at radius 3 is 2.35 bits per heavy atom. The van der Waals surface area contributed by atoms with Crippen molar-refractivity contribution in [2.45, 2.75) is 4.90 Å². The van der Waals surface area contributed by atoms with Gasteiger partial charge in [-0.05, 0) is 12.1 Å². The highest BCUT2D eigenvalue weighted by atomic mass is 32.2. The molecule has 0 saturated carbocycles. The molecule has 0 amide bonds. The van der Waals surface area contributed by atoms with Gasteiger partial charge in [0.2, 0.25) is 20.0 Å². The molecule has 0 atom stereocenters. The normalized spacial score (nSPS) is 12.2. The van der Waals surface area contributed by atoms with E-state index < -0.39 is 47.9 Å². The largest absolute Gasteiger partial charge is 0.393 e. The standard InChI is InChI=1S/C8H12N4O6S2/c9-6-2-1-3-7(8(6)12(13)14)20(17,18)11-4-5-19(10,15)16/h1-3,11H,4-5,9H2,(H2,10,15,16). The minimum Gasteiger partial charge on any atom is -0.393 e. The maximum Gasteiger partial charge on any atom is 0.312 e. The molecule has 1 aromatic carbocycles. The zero-order valence-corrected chi connectivity index (χ0v) is 11.6. The summed E-state index contributed by atoms with van der Waals surface area (Å²) in [6.07, 6.45) is 0. The van der Waals surface area contributed by atoms with Gasteiger partial charge in [0.15, 0.2) is 4.90 Å². The van der Waals surface area contributed by atoms with E-state index in [9.17, 15) is 26.9 Å². The van der Waals surface area contributed by atoms with Crippen LogP contribution in [0.5, 0.6) is 0 Å². The second-order valence-corrected chi connectivity index (χ2v) is 7.19. The molecule has 0 unspecified atom stereocenters. The van der Waals surface area contributed by atoms with Crippen LogP contribution in [-0.2, 0) is 20.0 Å². The van der Waals surface area contributed by atoms with Crippen molar-refractivity contribution in [3.05, 3.63) is 28.3 Å². The fourth-order valence-corrected chi connectivity index (χ4v) is 3.09. The quantitative estimate of drug-likeness (QED) is 0.332. The van der Waals surface area contributed by atoms with Gasteiger partial charge in [-0.3, -0.25) is 10.1 Å². The highest BCUT2D eigenvalue weighted by Crippen LogP contribution is 2.29. The Hall–Kier alpha value is -1.76. The van der Waals surface area contributed by atoms with Crippen LogP contribution in [0.1, 0.15) is 0 Å². The van der Waals surface area contributed by atoms with Crippen LogP contribution in [0.3, 0.4) is 0 Å². The summed E-state index contributed by atoms with van der Waals surface area (Å²) in [4.78, 5) is 9.27. The maximum atomic E-state index is 11.9. The monoisotopic (exact) mass is 324 g/mol. The zero-order valence-electron chi connectivity index (χ0n) is 10.0. The minimum atomic E-state index is -4.27. The van der Waals surface area contributed by atoms with Crippen LogP contribution in [-0.4, -0.2) is 34.1 Å². The number of nitrogens with zero attached hydrogens (tertiary/aromatic N) is 1. The average Bonchev–Trinajstić information content (AvgIpc) is 2.25. The van der Waals surface area contributed by atoms with E-state index in [0.717, 1.165) is 6.07 Å². The molecule has 0 aromatic heterocycles. The van der Waals surface area contributed by atoms with Gasteiger partial charge >= 0.3 is 5.69 Å². The van der Waals surface area contributed by atoms with Crippen molar-refractivity contribution < 1.29 is 21.8 Å². The number of rotatable bonds is 6. The number of benzene rings is 1. The van der Waals surface area contributed by atoms with E-state index in [2.05, 4.69) is 0 Å². The molecule has 1 rings (SSSR count). The molecule has 12 heteroatoms. The average molecular weight is 324 g/mol. The summed E-state index contributed by atoms with van der Waals surface area (Å²) >= 11 is 0.